The average molecular weight is 226 g/mol. The monoisotopic (exact) mass is 226 g/mol. The number of carbonyl (C=O) groups is 3. The van der Waals surface area contributed by atoms with E-state index in [4.69, 9.17) is 5.11 Å². The van der Waals surface area contributed by atoms with Gasteiger partial charge in [-0.1, -0.05) is 6.92 Å². The first-order valence-corrected chi connectivity index (χ1v) is 5.36. The van der Waals surface area contributed by atoms with Crippen molar-refractivity contribution in [3.05, 3.63) is 0 Å². The molecule has 0 spiro atoms. The molecule has 88 valence electrons. The number of imide groups is 1. The van der Waals surface area contributed by atoms with Crippen LogP contribution < -0.4 is 5.32 Å². The maximum atomic E-state index is 11.4. The Morgan fingerprint density at radius 1 is 1.44 bits per heavy atom. The summed E-state index contributed by atoms with van der Waals surface area (Å²) in [6, 6.07) is -0.591. The summed E-state index contributed by atoms with van der Waals surface area (Å²) in [4.78, 5) is 35.5. The molecular formula is C10H14N2O4. The van der Waals surface area contributed by atoms with Crippen LogP contribution in [0.3, 0.4) is 0 Å². The number of hydrogen-bond donors (Lipinski definition) is 2. The normalized spacial score (nSPS) is 31.3. The van der Waals surface area contributed by atoms with Crippen molar-refractivity contribution in [1.82, 2.24) is 10.2 Å². The van der Waals surface area contributed by atoms with Gasteiger partial charge in [0.25, 0.3) is 0 Å². The number of carboxylic acids is 1. The van der Waals surface area contributed by atoms with Crippen LogP contribution in [-0.2, 0) is 14.4 Å². The van der Waals surface area contributed by atoms with Gasteiger partial charge in [0.05, 0.1) is 11.8 Å². The van der Waals surface area contributed by atoms with Crippen LogP contribution >= 0.6 is 0 Å². The molecule has 2 heterocycles. The second-order valence-electron chi connectivity index (χ2n) is 4.28. The fourth-order valence-corrected chi connectivity index (χ4v) is 2.52. The molecule has 0 aromatic rings. The molecule has 0 bridgehead atoms. The predicted molar refractivity (Wildman–Crippen MR) is 53.4 cm³/mol. The molecular weight excluding hydrogens is 212 g/mol. The maximum absolute atomic E-state index is 11.4. The van der Waals surface area contributed by atoms with Crippen LogP contribution in [0.1, 0.15) is 13.3 Å². The smallest absolute Gasteiger partial charge is 0.320 e. The van der Waals surface area contributed by atoms with E-state index in [1.54, 1.807) is 11.8 Å². The molecule has 2 amide bonds. The minimum absolute atomic E-state index is 0.266. The first-order valence-electron chi connectivity index (χ1n) is 5.36. The number of hydrogen-bond acceptors (Lipinski definition) is 4. The van der Waals surface area contributed by atoms with Crippen molar-refractivity contribution in [3.8, 4) is 0 Å². The second-order valence-corrected chi connectivity index (χ2v) is 4.28. The van der Waals surface area contributed by atoms with Crippen LogP contribution in [0.15, 0.2) is 0 Å². The molecule has 2 rings (SSSR count). The highest BCUT2D eigenvalue weighted by Gasteiger charge is 2.49. The number of rotatable bonds is 3. The third-order valence-corrected chi connectivity index (χ3v) is 3.38. The SMILES string of the molecule is CC[C@H](C(=O)O)N1C[C@@H]2C(=O)NC(=O)[C@H]2C1. The van der Waals surface area contributed by atoms with E-state index in [0.29, 0.717) is 19.5 Å². The standard InChI is InChI=1S/C10H14N2O4/c1-2-7(10(15)16)12-3-5-6(4-12)9(14)11-8(5)13/h5-7H,2-4H2,1H3,(H,15,16)(H,11,13,14)/t5-,6-,7+/m0/s1. The fourth-order valence-electron chi connectivity index (χ4n) is 2.52. The third-order valence-electron chi connectivity index (χ3n) is 3.38. The molecule has 6 nitrogen and oxygen atoms in total. The van der Waals surface area contributed by atoms with Gasteiger partial charge < -0.3 is 5.11 Å². The van der Waals surface area contributed by atoms with Gasteiger partial charge in [0, 0.05) is 13.1 Å². The van der Waals surface area contributed by atoms with Crippen LogP contribution in [0.2, 0.25) is 0 Å². The number of aliphatic carboxylic acids is 1. The lowest BCUT2D eigenvalue weighted by Gasteiger charge is -2.23. The zero-order chi connectivity index (χ0) is 11.9. The van der Waals surface area contributed by atoms with Crippen molar-refractivity contribution in [2.24, 2.45) is 11.8 Å². The zero-order valence-corrected chi connectivity index (χ0v) is 8.97. The highest BCUT2D eigenvalue weighted by molar-refractivity contribution is 6.05. The molecule has 2 aliphatic rings. The van der Waals surface area contributed by atoms with Crippen molar-refractivity contribution in [3.63, 3.8) is 0 Å². The van der Waals surface area contributed by atoms with Crippen LogP contribution in [-0.4, -0.2) is 46.9 Å². The van der Waals surface area contributed by atoms with Crippen molar-refractivity contribution < 1.29 is 19.5 Å². The molecule has 3 atom stereocenters. The largest absolute Gasteiger partial charge is 0.480 e. The van der Waals surface area contributed by atoms with Gasteiger partial charge in [0.2, 0.25) is 11.8 Å². The topological polar surface area (TPSA) is 86.7 Å². The van der Waals surface area contributed by atoms with Crippen molar-refractivity contribution in [2.45, 2.75) is 19.4 Å². The quantitative estimate of drug-likeness (QED) is 0.606. The molecule has 0 aliphatic carbocycles. The number of carbonyl (C=O) groups excluding carboxylic acids is 2. The van der Waals surface area contributed by atoms with E-state index in [-0.39, 0.29) is 23.7 Å². The predicted octanol–water partition coefficient (Wildman–Crippen LogP) is -0.946. The van der Waals surface area contributed by atoms with Crippen molar-refractivity contribution in [1.29, 1.82) is 0 Å². The van der Waals surface area contributed by atoms with Gasteiger partial charge >= 0.3 is 5.97 Å². The van der Waals surface area contributed by atoms with Gasteiger partial charge in [-0.25, -0.2) is 0 Å². The van der Waals surface area contributed by atoms with E-state index in [1.165, 1.54) is 0 Å². The van der Waals surface area contributed by atoms with Crippen molar-refractivity contribution in [2.75, 3.05) is 13.1 Å². The number of nitrogens with one attached hydrogen (secondary N) is 1. The Kier molecular flexibility index (Phi) is 2.67. The van der Waals surface area contributed by atoms with Crippen LogP contribution in [0.25, 0.3) is 0 Å². The Labute approximate surface area is 92.6 Å². The number of nitrogens with zero attached hydrogens (tertiary/aromatic N) is 1. The zero-order valence-electron chi connectivity index (χ0n) is 8.97. The first-order chi connectivity index (χ1) is 7.54. The van der Waals surface area contributed by atoms with E-state index >= 15 is 0 Å². The van der Waals surface area contributed by atoms with E-state index in [2.05, 4.69) is 5.32 Å². The van der Waals surface area contributed by atoms with Crippen LogP contribution in [0.5, 0.6) is 0 Å². The summed E-state index contributed by atoms with van der Waals surface area (Å²) in [5.41, 5.74) is 0. The summed E-state index contributed by atoms with van der Waals surface area (Å²) in [5, 5.41) is 11.3. The summed E-state index contributed by atoms with van der Waals surface area (Å²) in [7, 11) is 0. The molecule has 2 N–H and O–H groups in total. The number of amides is 2. The second kappa shape index (κ2) is 3.86. The molecule has 2 aliphatic heterocycles. The first kappa shape index (κ1) is 11.1. The molecule has 0 unspecified atom stereocenters. The lowest BCUT2D eigenvalue weighted by molar-refractivity contribution is -0.143. The Morgan fingerprint density at radius 2 is 1.94 bits per heavy atom. The Hall–Kier alpha value is -1.43. The van der Waals surface area contributed by atoms with Gasteiger partial charge in [-0.15, -0.1) is 0 Å². The van der Waals surface area contributed by atoms with Gasteiger partial charge in [-0.2, -0.15) is 0 Å². The summed E-state index contributed by atoms with van der Waals surface area (Å²) >= 11 is 0. The van der Waals surface area contributed by atoms with Gasteiger partial charge in [0.15, 0.2) is 0 Å². The van der Waals surface area contributed by atoms with Gasteiger partial charge in [0.1, 0.15) is 6.04 Å². The Morgan fingerprint density at radius 3 is 2.31 bits per heavy atom. The van der Waals surface area contributed by atoms with E-state index in [9.17, 15) is 14.4 Å². The lowest BCUT2D eigenvalue weighted by Crippen LogP contribution is -2.42. The Bertz CT molecular complexity index is 333. The highest BCUT2D eigenvalue weighted by Crippen LogP contribution is 2.30. The minimum Gasteiger partial charge on any atom is -0.480 e. The summed E-state index contributed by atoms with van der Waals surface area (Å²) in [6.07, 6.45) is 0.477. The van der Waals surface area contributed by atoms with E-state index in [1.807, 2.05) is 0 Å². The van der Waals surface area contributed by atoms with E-state index in [0.717, 1.165) is 0 Å². The van der Waals surface area contributed by atoms with Gasteiger partial charge in [-0.3, -0.25) is 24.6 Å². The molecule has 2 saturated heterocycles. The molecule has 2 fully saturated rings. The fraction of sp³-hybridized carbons (Fsp3) is 0.700. The van der Waals surface area contributed by atoms with Gasteiger partial charge in [-0.05, 0) is 6.42 Å². The molecule has 6 heteroatoms. The van der Waals surface area contributed by atoms with Crippen LogP contribution in [0, 0.1) is 11.8 Å². The molecule has 0 radical (unpaired) electrons. The minimum atomic E-state index is -0.893. The molecule has 0 aromatic heterocycles. The summed E-state index contributed by atoms with van der Waals surface area (Å²) < 4.78 is 0. The lowest BCUT2D eigenvalue weighted by atomic mass is 10.00. The average Bonchev–Trinajstić information content (AvgIpc) is 2.71. The van der Waals surface area contributed by atoms with Crippen LogP contribution in [0.4, 0.5) is 0 Å². The van der Waals surface area contributed by atoms with E-state index < -0.39 is 12.0 Å². The summed E-state index contributed by atoms with van der Waals surface area (Å²) in [5.74, 6) is -2.15. The number of carboxylic acid groups (broad SMARTS) is 1. The summed E-state index contributed by atoms with van der Waals surface area (Å²) in [6.45, 7) is 2.52. The third kappa shape index (κ3) is 1.59. The highest BCUT2D eigenvalue weighted by atomic mass is 16.4. The Balaban J connectivity index is 2.11. The van der Waals surface area contributed by atoms with Crippen molar-refractivity contribution >= 4 is 17.8 Å². The number of fused-ring (bicyclic) bond motifs is 1. The molecule has 0 aromatic carbocycles. The molecule has 0 saturated carbocycles. The number of likely N-dealkylation sites (tertiary alicyclic amines) is 1. The molecule has 16 heavy (non-hydrogen) atoms. The maximum Gasteiger partial charge on any atom is 0.320 e.